The molecule has 1 aliphatic rings. The van der Waals surface area contributed by atoms with Gasteiger partial charge in [-0.3, -0.25) is 0 Å². The molecule has 0 aromatic rings. The molecule has 0 aromatic heterocycles. The minimum atomic E-state index is -1.27. The number of carboxylic acids is 1. The summed E-state index contributed by atoms with van der Waals surface area (Å²) in [6.07, 6.45) is 0.732. The van der Waals surface area contributed by atoms with Crippen LogP contribution >= 0.6 is 0 Å². The van der Waals surface area contributed by atoms with Crippen LogP contribution in [0.3, 0.4) is 0 Å². The maximum absolute atomic E-state index is 10.2. The van der Waals surface area contributed by atoms with Gasteiger partial charge in [-0.2, -0.15) is 5.26 Å². The summed E-state index contributed by atoms with van der Waals surface area (Å²) in [5.74, 6) is -1.17. The molecule has 1 heterocycles. The van der Waals surface area contributed by atoms with E-state index in [2.05, 4.69) is 0 Å². The van der Waals surface area contributed by atoms with Crippen molar-refractivity contribution in [2.24, 2.45) is 0 Å². The van der Waals surface area contributed by atoms with Gasteiger partial charge in [-0.15, -0.1) is 0 Å². The number of nitrogens with zero attached hydrogens (tertiary/aromatic N) is 1. The average Bonchev–Trinajstić information content (AvgIpc) is 2.74. The number of hydrogen-bond acceptors (Lipinski definition) is 5. The molecule has 2 atom stereocenters. The van der Waals surface area contributed by atoms with E-state index in [0.29, 0.717) is 6.61 Å². The standard InChI is InChI=1S/C7H12O4.C2H3N.CH4O.H2O/c8-6(7(9)10)4-5-2-1-3-11-5;1-2-3;1-2;/h5-6,8H,1-4H2,(H,9,10);1H3;2H,1H3;1H2. The lowest BCUT2D eigenvalue weighted by Crippen LogP contribution is -2.25. The number of aliphatic carboxylic acids is 1. The highest BCUT2D eigenvalue weighted by Gasteiger charge is 2.23. The third-order valence-electron chi connectivity index (χ3n) is 1.80. The number of ether oxygens (including phenoxy) is 1. The summed E-state index contributed by atoms with van der Waals surface area (Å²) in [5, 5.41) is 31.6. The fraction of sp³-hybridized carbons (Fsp3) is 0.800. The molecule has 0 aromatic carbocycles. The Morgan fingerprint density at radius 3 is 2.35 bits per heavy atom. The average molecular weight is 251 g/mol. The molecule has 0 amide bonds. The van der Waals surface area contributed by atoms with Crippen LogP contribution in [0.15, 0.2) is 0 Å². The van der Waals surface area contributed by atoms with Gasteiger partial charge in [-0.1, -0.05) is 0 Å². The maximum Gasteiger partial charge on any atom is 0.332 e. The topological polar surface area (TPSA) is 142 Å². The van der Waals surface area contributed by atoms with Crippen molar-refractivity contribution in [2.75, 3.05) is 13.7 Å². The lowest BCUT2D eigenvalue weighted by atomic mass is 10.1. The van der Waals surface area contributed by atoms with E-state index in [1.54, 1.807) is 6.07 Å². The Morgan fingerprint density at radius 2 is 2.06 bits per heavy atom. The summed E-state index contributed by atoms with van der Waals surface area (Å²) >= 11 is 0. The molecule has 0 bridgehead atoms. The van der Waals surface area contributed by atoms with Gasteiger partial charge < -0.3 is 25.5 Å². The van der Waals surface area contributed by atoms with Crippen molar-refractivity contribution >= 4 is 5.97 Å². The Balaban J connectivity index is -0.000000286. The van der Waals surface area contributed by atoms with Crippen molar-refractivity contribution in [1.29, 1.82) is 5.26 Å². The van der Waals surface area contributed by atoms with Crippen LogP contribution in [-0.2, 0) is 9.53 Å². The molecule has 1 aliphatic heterocycles. The monoisotopic (exact) mass is 251 g/mol. The summed E-state index contributed by atoms with van der Waals surface area (Å²) in [6, 6.07) is 1.75. The number of carbonyl (C=O) groups is 1. The van der Waals surface area contributed by atoms with Gasteiger partial charge in [0, 0.05) is 27.1 Å². The number of hydrogen-bond donors (Lipinski definition) is 3. The molecular formula is C10H21NO6. The molecule has 0 aliphatic carbocycles. The van der Waals surface area contributed by atoms with Crippen molar-refractivity contribution < 1.29 is 30.3 Å². The highest BCUT2D eigenvalue weighted by molar-refractivity contribution is 5.71. The van der Waals surface area contributed by atoms with Crippen molar-refractivity contribution in [3.8, 4) is 6.07 Å². The van der Waals surface area contributed by atoms with E-state index >= 15 is 0 Å². The zero-order chi connectivity index (χ0) is 13.0. The van der Waals surface area contributed by atoms with E-state index in [1.165, 1.54) is 6.92 Å². The van der Waals surface area contributed by atoms with Crippen molar-refractivity contribution in [3.63, 3.8) is 0 Å². The molecule has 5 N–H and O–H groups in total. The minimum Gasteiger partial charge on any atom is -0.479 e. The van der Waals surface area contributed by atoms with E-state index in [4.69, 9.17) is 25.3 Å². The van der Waals surface area contributed by atoms with Gasteiger partial charge in [0.15, 0.2) is 6.10 Å². The maximum atomic E-state index is 10.2. The Kier molecular flexibility index (Phi) is 18.4. The largest absolute Gasteiger partial charge is 0.479 e. The summed E-state index contributed by atoms with van der Waals surface area (Å²) in [5.41, 5.74) is 0. The first kappa shape index (κ1) is 21.1. The molecular weight excluding hydrogens is 230 g/mol. The quantitative estimate of drug-likeness (QED) is 0.606. The summed E-state index contributed by atoms with van der Waals surface area (Å²) in [4.78, 5) is 10.2. The van der Waals surface area contributed by atoms with Crippen molar-refractivity contribution in [2.45, 2.75) is 38.4 Å². The normalized spacial score (nSPS) is 18.2. The SMILES string of the molecule is CC#N.CO.O.O=C(O)C(O)CC1CCCO1. The van der Waals surface area contributed by atoms with Gasteiger partial charge in [0.05, 0.1) is 12.2 Å². The molecule has 0 spiro atoms. The number of carboxylic acid groups (broad SMARTS) is 1. The van der Waals surface area contributed by atoms with E-state index in [0.717, 1.165) is 20.0 Å². The van der Waals surface area contributed by atoms with Gasteiger partial charge in [0.1, 0.15) is 0 Å². The highest BCUT2D eigenvalue weighted by atomic mass is 16.5. The van der Waals surface area contributed by atoms with Crippen LogP contribution in [0.2, 0.25) is 0 Å². The molecule has 17 heavy (non-hydrogen) atoms. The molecule has 7 heteroatoms. The number of nitriles is 1. The van der Waals surface area contributed by atoms with Gasteiger partial charge in [-0.05, 0) is 12.8 Å². The van der Waals surface area contributed by atoms with Crippen LogP contribution in [0.5, 0.6) is 0 Å². The Bertz CT molecular complexity index is 209. The Labute approximate surface area is 101 Å². The molecule has 0 saturated carbocycles. The fourth-order valence-corrected chi connectivity index (χ4v) is 1.18. The third kappa shape index (κ3) is 12.7. The van der Waals surface area contributed by atoms with Gasteiger partial charge in [-0.25, -0.2) is 4.79 Å². The van der Waals surface area contributed by atoms with Crippen molar-refractivity contribution in [1.82, 2.24) is 0 Å². The minimum absolute atomic E-state index is 0. The van der Waals surface area contributed by atoms with Gasteiger partial charge >= 0.3 is 5.97 Å². The molecule has 7 nitrogen and oxygen atoms in total. The first-order valence-corrected chi connectivity index (χ1v) is 4.89. The first-order valence-electron chi connectivity index (χ1n) is 4.89. The molecule has 102 valence electrons. The van der Waals surface area contributed by atoms with E-state index < -0.39 is 12.1 Å². The van der Waals surface area contributed by atoms with E-state index in [1.807, 2.05) is 0 Å². The fourth-order valence-electron chi connectivity index (χ4n) is 1.18. The number of aliphatic hydroxyl groups excluding tert-OH is 2. The van der Waals surface area contributed by atoms with Gasteiger partial charge in [0.25, 0.3) is 0 Å². The third-order valence-corrected chi connectivity index (χ3v) is 1.80. The predicted molar refractivity (Wildman–Crippen MR) is 60.3 cm³/mol. The summed E-state index contributed by atoms with van der Waals surface area (Å²) in [7, 11) is 1.00. The second-order valence-corrected chi connectivity index (χ2v) is 2.95. The first-order chi connectivity index (χ1) is 7.61. The molecule has 0 radical (unpaired) electrons. The second-order valence-electron chi connectivity index (χ2n) is 2.95. The zero-order valence-electron chi connectivity index (χ0n) is 10.1. The van der Waals surface area contributed by atoms with Crippen LogP contribution in [0.25, 0.3) is 0 Å². The Morgan fingerprint density at radius 1 is 1.59 bits per heavy atom. The highest BCUT2D eigenvalue weighted by Crippen LogP contribution is 2.16. The number of rotatable bonds is 3. The summed E-state index contributed by atoms with van der Waals surface area (Å²) in [6.45, 7) is 2.12. The molecule has 2 unspecified atom stereocenters. The molecule has 1 rings (SSSR count). The van der Waals surface area contributed by atoms with E-state index in [-0.39, 0.29) is 18.0 Å². The zero-order valence-corrected chi connectivity index (χ0v) is 10.1. The van der Waals surface area contributed by atoms with Crippen LogP contribution in [-0.4, -0.2) is 52.7 Å². The van der Waals surface area contributed by atoms with Crippen LogP contribution in [0, 0.1) is 11.3 Å². The predicted octanol–water partition coefficient (Wildman–Crippen LogP) is -0.685. The lowest BCUT2D eigenvalue weighted by molar-refractivity contribution is -0.148. The van der Waals surface area contributed by atoms with Gasteiger partial charge in [0.2, 0.25) is 0 Å². The second kappa shape index (κ2) is 14.8. The van der Waals surface area contributed by atoms with Crippen LogP contribution in [0.4, 0.5) is 0 Å². The number of aliphatic hydroxyl groups is 2. The summed E-state index contributed by atoms with van der Waals surface area (Å²) < 4.78 is 5.15. The smallest absolute Gasteiger partial charge is 0.332 e. The van der Waals surface area contributed by atoms with Crippen LogP contribution < -0.4 is 0 Å². The molecule has 1 fully saturated rings. The van der Waals surface area contributed by atoms with E-state index in [9.17, 15) is 4.79 Å². The van der Waals surface area contributed by atoms with Crippen LogP contribution in [0.1, 0.15) is 26.2 Å². The van der Waals surface area contributed by atoms with Crippen molar-refractivity contribution in [3.05, 3.63) is 0 Å². The lowest BCUT2D eigenvalue weighted by Gasteiger charge is -2.10. The Hall–Kier alpha value is -1.20. The molecule has 1 saturated heterocycles.